The highest BCUT2D eigenvalue weighted by Gasteiger charge is 2.33. The third kappa shape index (κ3) is 3.33. The summed E-state index contributed by atoms with van der Waals surface area (Å²) in [4.78, 5) is 14.1. The Labute approximate surface area is 114 Å². The van der Waals surface area contributed by atoms with Gasteiger partial charge < -0.3 is 15.3 Å². The number of nitrogens with one attached hydrogen (secondary N) is 1. The largest absolute Gasteiger partial charge is 0.389 e. The molecule has 3 unspecified atom stereocenters. The van der Waals surface area contributed by atoms with Crippen molar-refractivity contribution in [2.24, 2.45) is 0 Å². The maximum Gasteiger partial charge on any atom is 0.251 e. The molecule has 1 aliphatic carbocycles. The second-order valence-electron chi connectivity index (χ2n) is 5.40. The SMILES string of the molecule is CN(C)C1CCCC(NC(=O)c2ccccc2)C1O. The molecule has 0 aliphatic heterocycles. The van der Waals surface area contributed by atoms with Crippen molar-refractivity contribution in [2.45, 2.75) is 37.5 Å². The molecule has 0 saturated heterocycles. The van der Waals surface area contributed by atoms with Crippen LogP contribution in [0, 0.1) is 0 Å². The number of aliphatic hydroxyl groups excluding tert-OH is 1. The molecule has 1 aromatic rings. The summed E-state index contributed by atoms with van der Waals surface area (Å²) < 4.78 is 0. The fraction of sp³-hybridized carbons (Fsp3) is 0.533. The molecule has 1 aliphatic rings. The van der Waals surface area contributed by atoms with Crippen LogP contribution in [0.25, 0.3) is 0 Å². The Kier molecular flexibility index (Phi) is 4.56. The summed E-state index contributed by atoms with van der Waals surface area (Å²) in [5.41, 5.74) is 0.640. The van der Waals surface area contributed by atoms with Crippen LogP contribution in [0.4, 0.5) is 0 Å². The maximum atomic E-state index is 12.1. The highest BCUT2D eigenvalue weighted by Crippen LogP contribution is 2.22. The van der Waals surface area contributed by atoms with Crippen molar-refractivity contribution in [3.8, 4) is 0 Å². The number of hydrogen-bond acceptors (Lipinski definition) is 3. The molecule has 4 nitrogen and oxygen atoms in total. The number of aliphatic hydroxyl groups is 1. The smallest absolute Gasteiger partial charge is 0.251 e. The Balaban J connectivity index is 2.00. The van der Waals surface area contributed by atoms with Gasteiger partial charge in [-0.15, -0.1) is 0 Å². The molecule has 4 heteroatoms. The van der Waals surface area contributed by atoms with Crippen LogP contribution >= 0.6 is 0 Å². The Morgan fingerprint density at radius 2 is 1.95 bits per heavy atom. The van der Waals surface area contributed by atoms with E-state index in [1.807, 2.05) is 37.2 Å². The van der Waals surface area contributed by atoms with E-state index in [1.165, 1.54) is 0 Å². The predicted molar refractivity (Wildman–Crippen MR) is 75.0 cm³/mol. The van der Waals surface area contributed by atoms with Crippen LogP contribution in [0.15, 0.2) is 30.3 Å². The van der Waals surface area contributed by atoms with Crippen molar-refractivity contribution < 1.29 is 9.90 Å². The van der Waals surface area contributed by atoms with Crippen LogP contribution in [0.2, 0.25) is 0 Å². The van der Waals surface area contributed by atoms with Crippen molar-refractivity contribution >= 4 is 5.91 Å². The van der Waals surface area contributed by atoms with Crippen molar-refractivity contribution in [3.63, 3.8) is 0 Å². The van der Waals surface area contributed by atoms with Crippen LogP contribution in [-0.2, 0) is 0 Å². The first-order valence-corrected chi connectivity index (χ1v) is 6.80. The van der Waals surface area contributed by atoms with E-state index >= 15 is 0 Å². The Bertz CT molecular complexity index is 419. The second kappa shape index (κ2) is 6.17. The average molecular weight is 262 g/mol. The summed E-state index contributed by atoms with van der Waals surface area (Å²) in [5.74, 6) is -0.107. The minimum Gasteiger partial charge on any atom is -0.389 e. The maximum absolute atomic E-state index is 12.1. The van der Waals surface area contributed by atoms with Crippen LogP contribution in [0.3, 0.4) is 0 Å². The minimum atomic E-state index is -0.503. The van der Waals surface area contributed by atoms with E-state index in [9.17, 15) is 9.90 Å². The van der Waals surface area contributed by atoms with Crippen LogP contribution in [0.1, 0.15) is 29.6 Å². The molecule has 0 aromatic heterocycles. The first-order chi connectivity index (χ1) is 9.09. The molecule has 19 heavy (non-hydrogen) atoms. The first-order valence-electron chi connectivity index (χ1n) is 6.80. The van der Waals surface area contributed by atoms with Crippen molar-refractivity contribution in [2.75, 3.05) is 14.1 Å². The molecule has 1 amide bonds. The molecular formula is C15H22N2O2. The zero-order valence-corrected chi connectivity index (χ0v) is 11.5. The highest BCUT2D eigenvalue weighted by molar-refractivity contribution is 5.94. The fourth-order valence-electron chi connectivity index (χ4n) is 2.72. The number of amides is 1. The van der Waals surface area contributed by atoms with Gasteiger partial charge in [-0.3, -0.25) is 4.79 Å². The molecular weight excluding hydrogens is 240 g/mol. The number of carbonyl (C=O) groups is 1. The lowest BCUT2D eigenvalue weighted by Crippen LogP contribution is -2.55. The molecule has 1 saturated carbocycles. The van der Waals surface area contributed by atoms with E-state index in [4.69, 9.17) is 0 Å². The van der Waals surface area contributed by atoms with Crippen LogP contribution in [-0.4, -0.2) is 48.2 Å². The van der Waals surface area contributed by atoms with Gasteiger partial charge >= 0.3 is 0 Å². The molecule has 0 heterocycles. The summed E-state index contributed by atoms with van der Waals surface area (Å²) in [7, 11) is 3.94. The fourth-order valence-corrected chi connectivity index (χ4v) is 2.72. The van der Waals surface area contributed by atoms with Gasteiger partial charge in [0.1, 0.15) is 0 Å². The normalized spacial score (nSPS) is 27.3. The Morgan fingerprint density at radius 3 is 2.58 bits per heavy atom. The predicted octanol–water partition coefficient (Wildman–Crippen LogP) is 1.26. The molecule has 0 radical (unpaired) electrons. The molecule has 2 rings (SSSR count). The number of benzene rings is 1. The third-order valence-corrected chi connectivity index (χ3v) is 3.84. The van der Waals surface area contributed by atoms with E-state index in [0.717, 1.165) is 19.3 Å². The Hall–Kier alpha value is -1.39. The van der Waals surface area contributed by atoms with Gasteiger partial charge in [-0.1, -0.05) is 18.2 Å². The van der Waals surface area contributed by atoms with E-state index in [2.05, 4.69) is 5.32 Å². The first kappa shape index (κ1) is 14.0. The number of rotatable bonds is 3. The van der Waals surface area contributed by atoms with Gasteiger partial charge in [0.15, 0.2) is 0 Å². The lowest BCUT2D eigenvalue weighted by molar-refractivity contribution is 0.0167. The van der Waals surface area contributed by atoms with Crippen molar-refractivity contribution in [1.82, 2.24) is 10.2 Å². The summed E-state index contributed by atoms with van der Waals surface area (Å²) >= 11 is 0. The standard InChI is InChI=1S/C15H22N2O2/c1-17(2)13-10-6-9-12(14(13)18)16-15(19)11-7-4-3-5-8-11/h3-5,7-8,12-14,18H,6,9-10H2,1-2H3,(H,16,19). The number of hydrogen-bond donors (Lipinski definition) is 2. The number of likely N-dealkylation sites (N-methyl/N-ethyl adjacent to an activating group) is 1. The monoisotopic (exact) mass is 262 g/mol. The molecule has 0 spiro atoms. The summed E-state index contributed by atoms with van der Waals surface area (Å²) in [6.45, 7) is 0. The molecule has 104 valence electrons. The van der Waals surface area contributed by atoms with Crippen LogP contribution < -0.4 is 5.32 Å². The van der Waals surface area contributed by atoms with E-state index in [1.54, 1.807) is 12.1 Å². The number of nitrogens with zero attached hydrogens (tertiary/aromatic N) is 1. The summed E-state index contributed by atoms with van der Waals surface area (Å²) in [5, 5.41) is 13.3. The highest BCUT2D eigenvalue weighted by atomic mass is 16.3. The molecule has 3 atom stereocenters. The van der Waals surface area contributed by atoms with Gasteiger partial charge in [0.2, 0.25) is 0 Å². The van der Waals surface area contributed by atoms with Crippen molar-refractivity contribution in [3.05, 3.63) is 35.9 Å². The zero-order chi connectivity index (χ0) is 13.8. The zero-order valence-electron chi connectivity index (χ0n) is 11.5. The van der Waals surface area contributed by atoms with Gasteiger partial charge in [-0.2, -0.15) is 0 Å². The van der Waals surface area contributed by atoms with E-state index < -0.39 is 6.10 Å². The molecule has 1 fully saturated rings. The molecule has 2 N–H and O–H groups in total. The summed E-state index contributed by atoms with van der Waals surface area (Å²) in [6, 6.07) is 9.10. The Morgan fingerprint density at radius 1 is 1.26 bits per heavy atom. The molecule has 1 aromatic carbocycles. The van der Waals surface area contributed by atoms with Gasteiger partial charge in [-0.05, 0) is 45.5 Å². The summed E-state index contributed by atoms with van der Waals surface area (Å²) in [6.07, 6.45) is 2.34. The quantitative estimate of drug-likeness (QED) is 0.862. The molecule has 0 bridgehead atoms. The lowest BCUT2D eigenvalue weighted by atomic mass is 9.87. The lowest BCUT2D eigenvalue weighted by Gasteiger charge is -2.38. The topological polar surface area (TPSA) is 52.6 Å². The minimum absolute atomic E-state index is 0.107. The van der Waals surface area contributed by atoms with Crippen LogP contribution in [0.5, 0.6) is 0 Å². The van der Waals surface area contributed by atoms with E-state index in [0.29, 0.717) is 5.56 Å². The number of carbonyl (C=O) groups excluding carboxylic acids is 1. The van der Waals surface area contributed by atoms with Gasteiger partial charge in [0, 0.05) is 11.6 Å². The third-order valence-electron chi connectivity index (χ3n) is 3.84. The van der Waals surface area contributed by atoms with Gasteiger partial charge in [0.25, 0.3) is 5.91 Å². The average Bonchev–Trinajstić information content (AvgIpc) is 2.41. The van der Waals surface area contributed by atoms with Gasteiger partial charge in [-0.25, -0.2) is 0 Å². The van der Waals surface area contributed by atoms with Crippen molar-refractivity contribution in [1.29, 1.82) is 0 Å². The van der Waals surface area contributed by atoms with E-state index in [-0.39, 0.29) is 18.0 Å². The second-order valence-corrected chi connectivity index (χ2v) is 5.40. The van der Waals surface area contributed by atoms with Gasteiger partial charge in [0.05, 0.1) is 12.1 Å².